The predicted octanol–water partition coefficient (Wildman–Crippen LogP) is 5.14. The average molecular weight is 435 g/mol. The van der Waals surface area contributed by atoms with E-state index in [1.54, 1.807) is 0 Å². The molecule has 0 radical (unpaired) electrons. The molecule has 3 aromatic carbocycles. The molecule has 0 aliphatic rings. The summed E-state index contributed by atoms with van der Waals surface area (Å²) in [5, 5.41) is 18.5. The smallest absolute Gasteiger partial charge is 0.286 e. The van der Waals surface area contributed by atoms with Gasteiger partial charge >= 0.3 is 0 Å². The Balaban J connectivity index is 1.62. The summed E-state index contributed by atoms with van der Waals surface area (Å²) in [6, 6.07) is 16.4. The van der Waals surface area contributed by atoms with Crippen molar-refractivity contribution < 1.29 is 19.2 Å². The molecule has 0 fully saturated rings. The van der Waals surface area contributed by atoms with Gasteiger partial charge in [-0.05, 0) is 16.8 Å². The zero-order valence-electron chi connectivity index (χ0n) is 16.6. The molecule has 1 heterocycles. The molecule has 31 heavy (non-hydrogen) atoms. The Kier molecular flexibility index (Phi) is 5.50. The lowest BCUT2D eigenvalue weighted by Gasteiger charge is -2.10. The summed E-state index contributed by atoms with van der Waals surface area (Å²) in [5.41, 5.74) is 1.08. The van der Waals surface area contributed by atoms with E-state index in [4.69, 9.17) is 9.47 Å². The van der Waals surface area contributed by atoms with E-state index in [2.05, 4.69) is 10.3 Å². The van der Waals surface area contributed by atoms with Gasteiger partial charge in [0, 0.05) is 17.0 Å². The lowest BCUT2D eigenvalue weighted by Crippen LogP contribution is -2.14. The van der Waals surface area contributed by atoms with Crippen molar-refractivity contribution in [2.24, 2.45) is 0 Å². The first-order chi connectivity index (χ1) is 15.0. The summed E-state index contributed by atoms with van der Waals surface area (Å²) >= 11 is 1.24. The van der Waals surface area contributed by atoms with Crippen molar-refractivity contribution >= 4 is 38.8 Å². The van der Waals surface area contributed by atoms with Gasteiger partial charge in [0.05, 0.1) is 30.9 Å². The molecule has 156 valence electrons. The molecule has 0 unspecified atom stereocenters. The highest BCUT2D eigenvalue weighted by atomic mass is 32.1. The number of hydrogen-bond donors (Lipinski definition) is 1. The average Bonchev–Trinajstić information content (AvgIpc) is 3.26. The van der Waals surface area contributed by atoms with Gasteiger partial charge in [-0.2, -0.15) is 0 Å². The van der Waals surface area contributed by atoms with Crippen LogP contribution in [0.5, 0.6) is 11.5 Å². The van der Waals surface area contributed by atoms with Crippen LogP contribution in [0.1, 0.15) is 10.4 Å². The molecule has 0 spiro atoms. The van der Waals surface area contributed by atoms with E-state index in [1.807, 2.05) is 47.8 Å². The van der Waals surface area contributed by atoms with Crippen molar-refractivity contribution in [2.75, 3.05) is 19.5 Å². The van der Waals surface area contributed by atoms with Gasteiger partial charge < -0.3 is 9.47 Å². The minimum absolute atomic E-state index is 0.148. The highest BCUT2D eigenvalue weighted by Crippen LogP contribution is 2.35. The molecule has 1 aromatic heterocycles. The quantitative estimate of drug-likeness (QED) is 0.332. The van der Waals surface area contributed by atoms with Crippen molar-refractivity contribution in [2.45, 2.75) is 0 Å². The number of nitrogens with zero attached hydrogens (tertiary/aromatic N) is 2. The molecule has 0 saturated carbocycles. The minimum Gasteiger partial charge on any atom is -0.493 e. The molecule has 1 amide bonds. The normalized spacial score (nSPS) is 10.6. The van der Waals surface area contributed by atoms with Gasteiger partial charge in [0.15, 0.2) is 16.6 Å². The number of thiazole rings is 1. The number of rotatable bonds is 6. The Morgan fingerprint density at radius 2 is 1.74 bits per heavy atom. The van der Waals surface area contributed by atoms with Crippen molar-refractivity contribution in [3.05, 3.63) is 75.7 Å². The molecule has 4 aromatic rings. The molecule has 0 aliphatic carbocycles. The first-order valence-electron chi connectivity index (χ1n) is 9.16. The second-order valence-corrected chi connectivity index (χ2v) is 7.39. The number of carbonyl (C=O) groups excluding carboxylic acids is 1. The number of ether oxygens (including phenoxy) is 2. The van der Waals surface area contributed by atoms with E-state index in [0.717, 1.165) is 22.4 Å². The Hall–Kier alpha value is -3.98. The number of aromatic nitrogens is 1. The van der Waals surface area contributed by atoms with Crippen LogP contribution in [-0.2, 0) is 0 Å². The van der Waals surface area contributed by atoms with Gasteiger partial charge in [-0.25, -0.2) is 4.98 Å². The van der Waals surface area contributed by atoms with Gasteiger partial charge in [0.1, 0.15) is 5.56 Å². The molecule has 4 rings (SSSR count). The number of amides is 1. The minimum atomic E-state index is -0.660. The molecule has 0 bridgehead atoms. The third-order valence-electron chi connectivity index (χ3n) is 4.71. The molecule has 9 heteroatoms. The van der Waals surface area contributed by atoms with Crippen molar-refractivity contribution in [1.82, 2.24) is 4.98 Å². The van der Waals surface area contributed by atoms with Crippen LogP contribution in [-0.4, -0.2) is 30.0 Å². The lowest BCUT2D eigenvalue weighted by atomic mass is 10.1. The number of fused-ring (bicyclic) bond motifs is 1. The number of nitrogens with one attached hydrogen (secondary N) is 1. The first-order valence-corrected chi connectivity index (χ1v) is 10.0. The number of nitro groups is 1. The van der Waals surface area contributed by atoms with Gasteiger partial charge in [0.25, 0.3) is 11.6 Å². The van der Waals surface area contributed by atoms with Crippen LogP contribution in [0.4, 0.5) is 10.8 Å². The molecule has 0 saturated heterocycles. The van der Waals surface area contributed by atoms with E-state index in [9.17, 15) is 14.9 Å². The second-order valence-electron chi connectivity index (χ2n) is 6.54. The van der Waals surface area contributed by atoms with E-state index in [1.165, 1.54) is 31.6 Å². The van der Waals surface area contributed by atoms with Crippen LogP contribution in [0.3, 0.4) is 0 Å². The Morgan fingerprint density at radius 1 is 1.03 bits per heavy atom. The highest BCUT2D eigenvalue weighted by molar-refractivity contribution is 7.14. The van der Waals surface area contributed by atoms with Gasteiger partial charge in [-0.3, -0.25) is 20.2 Å². The van der Waals surface area contributed by atoms with Crippen molar-refractivity contribution in [1.29, 1.82) is 0 Å². The SMILES string of the molecule is COc1cc(C(=O)Nc2nc(-c3ccc4ccccc4c3)cs2)c([N+](=O)[O-])cc1OC. The van der Waals surface area contributed by atoms with Gasteiger partial charge in [-0.1, -0.05) is 36.4 Å². The van der Waals surface area contributed by atoms with Crippen LogP contribution < -0.4 is 14.8 Å². The number of hydrogen-bond acceptors (Lipinski definition) is 7. The molecule has 0 aliphatic heterocycles. The summed E-state index contributed by atoms with van der Waals surface area (Å²) in [6.07, 6.45) is 0. The largest absolute Gasteiger partial charge is 0.493 e. The van der Waals surface area contributed by atoms with Crippen LogP contribution in [0, 0.1) is 10.1 Å². The fraction of sp³-hybridized carbons (Fsp3) is 0.0909. The molecular formula is C22H17N3O5S. The fourth-order valence-electron chi connectivity index (χ4n) is 3.18. The zero-order valence-corrected chi connectivity index (χ0v) is 17.4. The molecule has 0 atom stereocenters. The van der Waals surface area contributed by atoms with Crippen molar-refractivity contribution in [3.63, 3.8) is 0 Å². The Bertz CT molecular complexity index is 1300. The first kappa shape index (κ1) is 20.3. The van der Waals surface area contributed by atoms with Crippen molar-refractivity contribution in [3.8, 4) is 22.8 Å². The summed E-state index contributed by atoms with van der Waals surface area (Å²) in [6.45, 7) is 0. The number of anilines is 1. The van der Waals surface area contributed by atoms with E-state index < -0.39 is 10.8 Å². The van der Waals surface area contributed by atoms with Crippen LogP contribution in [0.2, 0.25) is 0 Å². The topological polar surface area (TPSA) is 104 Å². The van der Waals surface area contributed by atoms with Crippen LogP contribution in [0.15, 0.2) is 60.0 Å². The van der Waals surface area contributed by atoms with Gasteiger partial charge in [0.2, 0.25) is 0 Å². The molecule has 8 nitrogen and oxygen atoms in total. The third kappa shape index (κ3) is 4.03. The van der Waals surface area contributed by atoms with E-state index in [0.29, 0.717) is 10.8 Å². The highest BCUT2D eigenvalue weighted by Gasteiger charge is 2.25. The number of nitro benzene ring substituents is 1. The number of carbonyl (C=O) groups is 1. The number of benzene rings is 3. The summed E-state index contributed by atoms with van der Waals surface area (Å²) in [7, 11) is 2.76. The maximum atomic E-state index is 12.8. The zero-order chi connectivity index (χ0) is 22.0. The third-order valence-corrected chi connectivity index (χ3v) is 5.47. The second kappa shape index (κ2) is 8.41. The summed E-state index contributed by atoms with van der Waals surface area (Å²) in [5.74, 6) is -0.278. The lowest BCUT2D eigenvalue weighted by molar-refractivity contribution is -0.385. The van der Waals surface area contributed by atoms with E-state index >= 15 is 0 Å². The summed E-state index contributed by atoms with van der Waals surface area (Å²) in [4.78, 5) is 28.1. The molecular weight excluding hydrogens is 418 g/mol. The number of methoxy groups -OCH3 is 2. The monoisotopic (exact) mass is 435 g/mol. The van der Waals surface area contributed by atoms with E-state index in [-0.39, 0.29) is 22.7 Å². The Labute approximate surface area is 181 Å². The standard InChI is InChI=1S/C22H17N3O5S/c1-29-19-10-16(18(25(27)28)11-20(19)30-2)21(26)24-22-23-17(12-31-22)15-8-7-13-5-3-4-6-14(13)9-15/h3-12H,1-2H3,(H,23,24,26). The molecule has 1 N–H and O–H groups in total. The fourth-order valence-corrected chi connectivity index (χ4v) is 3.89. The van der Waals surface area contributed by atoms with Crippen LogP contribution in [0.25, 0.3) is 22.0 Å². The van der Waals surface area contributed by atoms with Gasteiger partial charge in [-0.15, -0.1) is 11.3 Å². The van der Waals surface area contributed by atoms with Crippen LogP contribution >= 0.6 is 11.3 Å². The Morgan fingerprint density at radius 3 is 2.45 bits per heavy atom. The summed E-state index contributed by atoms with van der Waals surface area (Å²) < 4.78 is 10.3. The maximum absolute atomic E-state index is 12.8. The maximum Gasteiger partial charge on any atom is 0.286 e. The predicted molar refractivity (Wildman–Crippen MR) is 119 cm³/mol.